The number of benzene rings is 1. The van der Waals surface area contributed by atoms with E-state index in [9.17, 15) is 0 Å². The quantitative estimate of drug-likeness (QED) is 0.672. The average molecular weight is 315 g/mol. The van der Waals surface area contributed by atoms with E-state index < -0.39 is 0 Å². The maximum absolute atomic E-state index is 3.32. The lowest BCUT2D eigenvalue weighted by molar-refractivity contribution is -0.663. The monoisotopic (exact) mass is 315 g/mol. The third kappa shape index (κ3) is 2.74. The van der Waals surface area contributed by atoms with Gasteiger partial charge in [-0.1, -0.05) is 40.9 Å². The molecule has 0 fully saturated rings. The molecule has 0 saturated carbocycles. The molecular formula is C17H19N2S2+. The van der Waals surface area contributed by atoms with E-state index in [-0.39, 0.29) is 0 Å². The van der Waals surface area contributed by atoms with Gasteiger partial charge in [-0.25, -0.2) is 0 Å². The van der Waals surface area contributed by atoms with E-state index in [1.807, 2.05) is 47.1 Å². The van der Waals surface area contributed by atoms with E-state index in [0.717, 1.165) is 12.2 Å². The van der Waals surface area contributed by atoms with Crippen molar-refractivity contribution in [2.75, 3.05) is 5.32 Å². The molecule has 2 aromatic heterocycles. The second kappa shape index (κ2) is 6.00. The van der Waals surface area contributed by atoms with Crippen LogP contribution < -0.4 is 9.88 Å². The van der Waals surface area contributed by atoms with Crippen LogP contribution in [-0.4, -0.2) is 0 Å². The summed E-state index contributed by atoms with van der Waals surface area (Å²) in [5.41, 5.74) is 2.54. The Hall–Kier alpha value is -1.65. The number of anilines is 1. The van der Waals surface area contributed by atoms with Gasteiger partial charge in [-0.3, -0.25) is 0 Å². The van der Waals surface area contributed by atoms with E-state index >= 15 is 0 Å². The zero-order valence-corrected chi connectivity index (χ0v) is 14.1. The number of hydrogen-bond donors (Lipinski definition) is 1. The fraction of sp³-hybridized carbons (Fsp3) is 0.235. The van der Waals surface area contributed by atoms with Crippen LogP contribution in [0.15, 0.2) is 36.5 Å². The molecule has 0 aliphatic heterocycles. The van der Waals surface area contributed by atoms with E-state index in [1.54, 1.807) is 0 Å². The third-order valence-corrected chi connectivity index (χ3v) is 6.23. The van der Waals surface area contributed by atoms with Crippen molar-refractivity contribution in [1.29, 1.82) is 0 Å². The summed E-state index contributed by atoms with van der Waals surface area (Å²) in [7, 11) is 0. The molecule has 0 radical (unpaired) electrons. The first-order chi connectivity index (χ1) is 10.2. The van der Waals surface area contributed by atoms with Gasteiger partial charge in [0.25, 0.3) is 9.84 Å². The van der Waals surface area contributed by atoms with Crippen LogP contribution in [0.25, 0.3) is 15.6 Å². The molecule has 3 rings (SSSR count). The Labute approximate surface area is 133 Å². The molecule has 2 heterocycles. The second-order valence-electron chi connectivity index (χ2n) is 4.95. The Kier molecular flexibility index (Phi) is 4.08. The van der Waals surface area contributed by atoms with Gasteiger partial charge in [0, 0.05) is 22.8 Å². The lowest BCUT2D eigenvalue weighted by atomic mass is 10.3. The van der Waals surface area contributed by atoms with Crippen molar-refractivity contribution in [1.82, 2.24) is 0 Å². The Balaban J connectivity index is 1.90. The van der Waals surface area contributed by atoms with E-state index in [0.29, 0.717) is 0 Å². The zero-order chi connectivity index (χ0) is 14.8. The molecule has 0 aliphatic rings. The molecular weight excluding hydrogens is 296 g/mol. The Morgan fingerprint density at radius 1 is 1.14 bits per heavy atom. The number of aryl methyl sites for hydroxylation is 3. The number of rotatable bonds is 4. The zero-order valence-electron chi connectivity index (χ0n) is 12.5. The highest BCUT2D eigenvalue weighted by molar-refractivity contribution is 7.27. The largest absolute Gasteiger partial charge is 0.361 e. The number of nitrogens with zero attached hydrogens (tertiary/aromatic N) is 1. The molecule has 108 valence electrons. The molecule has 3 aromatic rings. The number of thiazole rings is 1. The van der Waals surface area contributed by atoms with Crippen molar-refractivity contribution in [2.24, 2.45) is 0 Å². The predicted octanol–water partition coefficient (Wildman–Crippen LogP) is 4.97. The Morgan fingerprint density at radius 3 is 2.62 bits per heavy atom. The van der Waals surface area contributed by atoms with Gasteiger partial charge in [-0.15, -0.1) is 0 Å². The van der Waals surface area contributed by atoms with Crippen LogP contribution in [0.4, 0.5) is 5.69 Å². The summed E-state index contributed by atoms with van der Waals surface area (Å²) in [4.78, 5) is 2.83. The molecule has 2 nitrogen and oxygen atoms in total. The predicted molar refractivity (Wildman–Crippen MR) is 94.1 cm³/mol. The molecule has 0 bridgehead atoms. The molecule has 1 N–H and O–H groups in total. The van der Waals surface area contributed by atoms with Crippen molar-refractivity contribution in [3.63, 3.8) is 0 Å². The maximum Gasteiger partial charge on any atom is 0.280 e. The number of nitrogens with one attached hydrogen (secondary N) is 1. The highest BCUT2D eigenvalue weighted by atomic mass is 32.1. The first-order valence-electron chi connectivity index (χ1n) is 7.11. The lowest BCUT2D eigenvalue weighted by Gasteiger charge is -1.97. The maximum atomic E-state index is 3.32. The van der Waals surface area contributed by atoms with Gasteiger partial charge in [0.05, 0.1) is 0 Å². The first-order valence-corrected chi connectivity index (χ1v) is 8.74. The molecule has 0 saturated heterocycles. The number of hydrogen-bond acceptors (Lipinski definition) is 3. The lowest BCUT2D eigenvalue weighted by Crippen LogP contribution is -2.32. The van der Waals surface area contributed by atoms with Crippen molar-refractivity contribution in [2.45, 2.75) is 27.3 Å². The van der Waals surface area contributed by atoms with Crippen LogP contribution >= 0.6 is 22.7 Å². The van der Waals surface area contributed by atoms with Gasteiger partial charge in [0.15, 0.2) is 0 Å². The minimum Gasteiger partial charge on any atom is -0.361 e. The summed E-state index contributed by atoms with van der Waals surface area (Å²) in [6.45, 7) is 7.64. The first kappa shape index (κ1) is 14.3. The topological polar surface area (TPSA) is 15.9 Å². The molecule has 21 heavy (non-hydrogen) atoms. The van der Waals surface area contributed by atoms with Gasteiger partial charge >= 0.3 is 0 Å². The summed E-state index contributed by atoms with van der Waals surface area (Å²) in [6.07, 6.45) is 4.20. The Bertz CT molecular complexity index is 782. The van der Waals surface area contributed by atoms with Gasteiger partial charge in [0.2, 0.25) is 0 Å². The highest BCUT2D eigenvalue weighted by Gasteiger charge is 2.22. The SMILES string of the molecule is CC[n+]1c(/C=C/Nc2ccccc2)sc2c(C)c(C)sc21. The van der Waals surface area contributed by atoms with E-state index in [4.69, 9.17) is 0 Å². The summed E-state index contributed by atoms with van der Waals surface area (Å²) >= 11 is 3.78. The van der Waals surface area contributed by atoms with Crippen LogP contribution in [0.3, 0.4) is 0 Å². The third-order valence-electron chi connectivity index (χ3n) is 3.60. The second-order valence-corrected chi connectivity index (χ2v) is 7.18. The van der Waals surface area contributed by atoms with E-state index in [1.165, 1.54) is 25.0 Å². The number of fused-ring (bicyclic) bond motifs is 1. The molecule has 0 spiro atoms. The molecule has 0 atom stereocenters. The van der Waals surface area contributed by atoms with Crippen LogP contribution in [0.1, 0.15) is 22.4 Å². The number of thiophene rings is 1. The van der Waals surface area contributed by atoms with E-state index in [2.05, 4.69) is 48.9 Å². The minimum absolute atomic E-state index is 1.00. The molecule has 0 unspecified atom stereocenters. The van der Waals surface area contributed by atoms with Crippen molar-refractivity contribution in [3.05, 3.63) is 52.0 Å². The summed E-state index contributed by atoms with van der Waals surface area (Å²) in [5, 5.41) is 4.62. The van der Waals surface area contributed by atoms with Crippen LogP contribution in [0, 0.1) is 13.8 Å². The van der Waals surface area contributed by atoms with Gasteiger partial charge in [-0.2, -0.15) is 4.57 Å². The molecule has 1 aromatic carbocycles. The Morgan fingerprint density at radius 2 is 1.90 bits per heavy atom. The van der Waals surface area contributed by atoms with Crippen LogP contribution in [0.5, 0.6) is 0 Å². The summed E-state index contributed by atoms with van der Waals surface area (Å²) in [5.74, 6) is 0. The van der Waals surface area contributed by atoms with Crippen LogP contribution in [0.2, 0.25) is 0 Å². The van der Waals surface area contributed by atoms with Crippen molar-refractivity contribution < 1.29 is 4.57 Å². The van der Waals surface area contributed by atoms with Gasteiger partial charge in [-0.05, 0) is 38.5 Å². The minimum atomic E-state index is 1.00. The fourth-order valence-electron chi connectivity index (χ4n) is 2.31. The molecule has 0 amide bonds. The number of para-hydroxylation sites is 1. The summed E-state index contributed by atoms with van der Waals surface area (Å²) in [6, 6.07) is 10.2. The van der Waals surface area contributed by atoms with Crippen molar-refractivity contribution >= 4 is 44.0 Å². The highest BCUT2D eigenvalue weighted by Crippen LogP contribution is 2.33. The van der Waals surface area contributed by atoms with Gasteiger partial charge in [0.1, 0.15) is 11.2 Å². The average Bonchev–Trinajstić information content (AvgIpc) is 2.97. The van der Waals surface area contributed by atoms with Crippen LogP contribution in [-0.2, 0) is 6.54 Å². The standard InChI is InChI=1S/C17H18N2S2/c1-4-19-15(10-11-18-14-8-6-5-7-9-14)21-16-12(2)13(3)20-17(16)19/h5-11H,4H2,1-3H3/p+1. The molecule has 4 heteroatoms. The van der Waals surface area contributed by atoms with Crippen molar-refractivity contribution in [3.8, 4) is 0 Å². The normalized spacial score (nSPS) is 11.6. The van der Waals surface area contributed by atoms with Gasteiger partial charge < -0.3 is 5.32 Å². The smallest absolute Gasteiger partial charge is 0.280 e. The number of aromatic nitrogens is 1. The fourth-order valence-corrected chi connectivity index (χ4v) is 4.99. The summed E-state index contributed by atoms with van der Waals surface area (Å²) < 4.78 is 3.83. The molecule has 0 aliphatic carbocycles.